The average Bonchev–Trinajstić information content (AvgIpc) is 2.74. The van der Waals surface area contributed by atoms with Crippen LogP contribution < -0.4 is 22.1 Å². The third kappa shape index (κ3) is 5.83. The van der Waals surface area contributed by atoms with E-state index in [4.69, 9.17) is 11.5 Å². The molecule has 35 heavy (non-hydrogen) atoms. The zero-order valence-electron chi connectivity index (χ0n) is 17.9. The van der Waals surface area contributed by atoms with Crippen molar-refractivity contribution in [3.8, 4) is 0 Å². The lowest BCUT2D eigenvalue weighted by atomic mass is 10.0. The molecule has 0 atom stereocenters. The van der Waals surface area contributed by atoms with E-state index in [1.165, 1.54) is 31.2 Å². The van der Waals surface area contributed by atoms with E-state index >= 15 is 0 Å². The van der Waals surface area contributed by atoms with Gasteiger partial charge in [-0.1, -0.05) is 0 Å². The van der Waals surface area contributed by atoms with Crippen LogP contribution in [0.3, 0.4) is 0 Å². The molecular weight excluding hydrogens is 478 g/mol. The van der Waals surface area contributed by atoms with Gasteiger partial charge in [0.05, 0.1) is 16.7 Å². The Morgan fingerprint density at radius 2 is 1.40 bits per heavy atom. The number of alkyl halides is 6. The van der Waals surface area contributed by atoms with Crippen LogP contribution in [0.25, 0.3) is 0 Å². The van der Waals surface area contributed by atoms with Gasteiger partial charge >= 0.3 is 12.4 Å². The summed E-state index contributed by atoms with van der Waals surface area (Å²) in [5.41, 5.74) is 7.48. The molecule has 0 bridgehead atoms. The SMILES string of the molecule is Cc1cc(C(=O)Nc2ccc(N)c(C(F)(F)F)c2)ccc1NC(=O)c1ccc(N)cc1C(F)(F)F. The summed E-state index contributed by atoms with van der Waals surface area (Å²) in [4.78, 5) is 25.0. The number of benzene rings is 3. The summed E-state index contributed by atoms with van der Waals surface area (Å²) < 4.78 is 79.0. The number of carbonyl (C=O) groups is 2. The summed E-state index contributed by atoms with van der Waals surface area (Å²) in [5, 5.41) is 4.68. The van der Waals surface area contributed by atoms with E-state index in [1.807, 2.05) is 0 Å². The molecule has 0 saturated carbocycles. The number of nitrogens with two attached hydrogens (primary N) is 2. The first-order chi connectivity index (χ1) is 16.2. The quantitative estimate of drug-likeness (QED) is 0.274. The molecule has 3 aromatic carbocycles. The van der Waals surface area contributed by atoms with Crippen molar-refractivity contribution in [3.63, 3.8) is 0 Å². The van der Waals surface area contributed by atoms with Crippen molar-refractivity contribution in [2.75, 3.05) is 22.1 Å². The normalized spacial score (nSPS) is 11.7. The van der Waals surface area contributed by atoms with Crippen LogP contribution in [0.2, 0.25) is 0 Å². The van der Waals surface area contributed by atoms with Crippen molar-refractivity contribution >= 4 is 34.6 Å². The smallest absolute Gasteiger partial charge is 0.399 e. The molecular formula is C23H18F6N4O2. The van der Waals surface area contributed by atoms with Crippen molar-refractivity contribution in [2.45, 2.75) is 19.3 Å². The van der Waals surface area contributed by atoms with Crippen LogP contribution in [0, 0.1) is 6.92 Å². The molecule has 0 unspecified atom stereocenters. The Hall–Kier alpha value is -4.22. The number of rotatable bonds is 4. The molecule has 0 saturated heterocycles. The Morgan fingerprint density at radius 3 is 2.00 bits per heavy atom. The lowest BCUT2D eigenvalue weighted by Crippen LogP contribution is -2.20. The second kappa shape index (κ2) is 9.20. The standard InChI is InChI=1S/C23H18F6N4O2/c1-11-8-12(20(34)32-14-4-6-18(31)17(10-14)23(27,28)29)2-7-19(11)33-21(35)15-5-3-13(30)9-16(15)22(24,25)26/h2-10H,30-31H2,1H3,(H,32,34)(H,33,35). The summed E-state index contributed by atoms with van der Waals surface area (Å²) in [7, 11) is 0. The number of amides is 2. The van der Waals surface area contributed by atoms with Gasteiger partial charge in [0.25, 0.3) is 11.8 Å². The Bertz CT molecular complexity index is 1300. The fraction of sp³-hybridized carbons (Fsp3) is 0.130. The molecule has 0 aliphatic heterocycles. The van der Waals surface area contributed by atoms with E-state index in [9.17, 15) is 35.9 Å². The van der Waals surface area contributed by atoms with Crippen molar-refractivity contribution in [2.24, 2.45) is 0 Å². The van der Waals surface area contributed by atoms with E-state index in [1.54, 1.807) is 0 Å². The second-order valence-electron chi connectivity index (χ2n) is 7.54. The van der Waals surface area contributed by atoms with Crippen molar-refractivity contribution in [1.29, 1.82) is 0 Å². The first-order valence-corrected chi connectivity index (χ1v) is 9.83. The van der Waals surface area contributed by atoms with Crippen molar-refractivity contribution < 1.29 is 35.9 Å². The molecule has 3 aromatic rings. The molecule has 0 heterocycles. The molecule has 2 amide bonds. The number of nitrogen functional groups attached to an aromatic ring is 2. The number of anilines is 4. The highest BCUT2D eigenvalue weighted by molar-refractivity contribution is 6.07. The third-order valence-corrected chi connectivity index (χ3v) is 4.95. The second-order valence-corrected chi connectivity index (χ2v) is 7.54. The molecule has 6 N–H and O–H groups in total. The highest BCUT2D eigenvalue weighted by atomic mass is 19.4. The van der Waals surface area contributed by atoms with Crippen LogP contribution >= 0.6 is 0 Å². The predicted octanol–water partition coefficient (Wildman–Crippen LogP) is 5.70. The number of hydrogen-bond donors (Lipinski definition) is 4. The van der Waals surface area contributed by atoms with Crippen molar-refractivity contribution in [1.82, 2.24) is 0 Å². The van der Waals surface area contributed by atoms with E-state index in [2.05, 4.69) is 10.6 Å². The molecule has 184 valence electrons. The van der Waals surface area contributed by atoms with Crippen LogP contribution in [-0.4, -0.2) is 11.8 Å². The average molecular weight is 496 g/mol. The molecule has 6 nitrogen and oxygen atoms in total. The third-order valence-electron chi connectivity index (χ3n) is 4.95. The van der Waals surface area contributed by atoms with Gasteiger partial charge in [-0.15, -0.1) is 0 Å². The van der Waals surface area contributed by atoms with E-state index in [-0.39, 0.29) is 22.6 Å². The molecule has 0 spiro atoms. The number of hydrogen-bond acceptors (Lipinski definition) is 4. The summed E-state index contributed by atoms with van der Waals surface area (Å²) >= 11 is 0. The largest absolute Gasteiger partial charge is 0.418 e. The van der Waals surface area contributed by atoms with Gasteiger partial charge in [-0.3, -0.25) is 9.59 Å². The molecule has 0 aliphatic carbocycles. The summed E-state index contributed by atoms with van der Waals surface area (Å²) in [6, 6.07) is 9.53. The maximum atomic E-state index is 13.3. The van der Waals surface area contributed by atoms with Crippen LogP contribution in [0.4, 0.5) is 49.1 Å². The van der Waals surface area contributed by atoms with Crippen molar-refractivity contribution in [3.05, 3.63) is 82.4 Å². The molecule has 0 fully saturated rings. The number of carbonyl (C=O) groups excluding carboxylic acids is 2. The lowest BCUT2D eigenvalue weighted by molar-refractivity contribution is -0.138. The minimum atomic E-state index is -4.81. The Morgan fingerprint density at radius 1 is 0.743 bits per heavy atom. The molecule has 3 rings (SSSR count). The molecule has 0 aromatic heterocycles. The van der Waals surface area contributed by atoms with Gasteiger partial charge in [0, 0.05) is 28.3 Å². The molecule has 12 heteroatoms. The van der Waals surface area contributed by atoms with E-state index in [0.717, 1.165) is 18.2 Å². The highest BCUT2D eigenvalue weighted by Gasteiger charge is 2.36. The highest BCUT2D eigenvalue weighted by Crippen LogP contribution is 2.36. The first-order valence-electron chi connectivity index (χ1n) is 9.83. The fourth-order valence-electron chi connectivity index (χ4n) is 3.21. The number of nitrogens with one attached hydrogen (secondary N) is 2. The minimum Gasteiger partial charge on any atom is -0.399 e. The number of halogens is 6. The van der Waals surface area contributed by atoms with Crippen LogP contribution in [-0.2, 0) is 12.4 Å². The van der Waals surface area contributed by atoms with E-state index in [0.29, 0.717) is 17.7 Å². The number of aryl methyl sites for hydroxylation is 1. The zero-order chi connectivity index (χ0) is 26.1. The van der Waals surface area contributed by atoms with Crippen LogP contribution in [0.15, 0.2) is 54.6 Å². The van der Waals surface area contributed by atoms with Gasteiger partial charge in [-0.05, 0) is 67.1 Å². The Labute approximate surface area is 194 Å². The summed E-state index contributed by atoms with van der Waals surface area (Å²) in [5.74, 6) is -1.79. The van der Waals surface area contributed by atoms with Crippen LogP contribution in [0.1, 0.15) is 37.4 Å². The van der Waals surface area contributed by atoms with E-state index < -0.39 is 46.5 Å². The zero-order valence-corrected chi connectivity index (χ0v) is 17.9. The van der Waals surface area contributed by atoms with Gasteiger partial charge in [-0.2, -0.15) is 26.3 Å². The van der Waals surface area contributed by atoms with Gasteiger partial charge in [-0.25, -0.2) is 0 Å². The summed E-state index contributed by atoms with van der Waals surface area (Å²) in [6.45, 7) is 1.49. The molecule has 0 aliphatic rings. The van der Waals surface area contributed by atoms with Crippen LogP contribution in [0.5, 0.6) is 0 Å². The predicted molar refractivity (Wildman–Crippen MR) is 119 cm³/mol. The molecule has 0 radical (unpaired) electrons. The fourth-order valence-corrected chi connectivity index (χ4v) is 3.21. The maximum Gasteiger partial charge on any atom is 0.418 e. The maximum absolute atomic E-state index is 13.3. The lowest BCUT2D eigenvalue weighted by Gasteiger charge is -2.15. The topological polar surface area (TPSA) is 110 Å². The monoisotopic (exact) mass is 496 g/mol. The van der Waals surface area contributed by atoms with Gasteiger partial charge in [0.2, 0.25) is 0 Å². The Balaban J connectivity index is 1.80. The van der Waals surface area contributed by atoms with Gasteiger partial charge < -0.3 is 22.1 Å². The van der Waals surface area contributed by atoms with Gasteiger partial charge in [0.1, 0.15) is 0 Å². The summed E-state index contributed by atoms with van der Waals surface area (Å²) in [6.07, 6.45) is -9.52. The van der Waals surface area contributed by atoms with Gasteiger partial charge in [0.15, 0.2) is 0 Å². The first kappa shape index (κ1) is 25.4. The minimum absolute atomic E-state index is 0.0364. The Kier molecular flexibility index (Phi) is 6.68.